The fourth-order valence-corrected chi connectivity index (χ4v) is 5.81. The van der Waals surface area contributed by atoms with Crippen LogP contribution in [0.15, 0.2) is 0 Å². The van der Waals surface area contributed by atoms with Gasteiger partial charge in [0.15, 0.2) is 0 Å². The van der Waals surface area contributed by atoms with E-state index in [-0.39, 0.29) is 11.9 Å². The first-order chi connectivity index (χ1) is 10.7. The van der Waals surface area contributed by atoms with Gasteiger partial charge in [-0.15, -0.1) is 0 Å². The molecule has 3 aliphatic rings. The maximum absolute atomic E-state index is 12.5. The van der Waals surface area contributed by atoms with Gasteiger partial charge in [0.1, 0.15) is 0 Å². The SMILES string of the molecule is CON(C)C(=O)[C@H](CCSC)NC1CC2CC1C1CCCC21. The number of carbonyl (C=O) groups excluding carboxylic acids is 1. The van der Waals surface area contributed by atoms with Crippen LogP contribution in [0.25, 0.3) is 0 Å². The molecular weight excluding hydrogens is 296 g/mol. The molecule has 5 unspecified atom stereocenters. The molecule has 0 radical (unpaired) electrons. The highest BCUT2D eigenvalue weighted by atomic mass is 32.2. The van der Waals surface area contributed by atoms with Crippen molar-refractivity contribution >= 4 is 17.7 Å². The van der Waals surface area contributed by atoms with E-state index < -0.39 is 0 Å². The molecule has 4 nitrogen and oxygen atoms in total. The minimum atomic E-state index is -0.0957. The van der Waals surface area contributed by atoms with E-state index in [4.69, 9.17) is 4.84 Å². The van der Waals surface area contributed by atoms with E-state index in [2.05, 4.69) is 11.6 Å². The van der Waals surface area contributed by atoms with E-state index in [9.17, 15) is 4.79 Å². The minimum Gasteiger partial charge on any atom is -0.303 e. The van der Waals surface area contributed by atoms with Crippen LogP contribution in [-0.2, 0) is 9.63 Å². The highest BCUT2D eigenvalue weighted by Gasteiger charge is 2.54. The molecule has 6 atom stereocenters. The summed E-state index contributed by atoms with van der Waals surface area (Å²) in [5.74, 6) is 4.76. The van der Waals surface area contributed by atoms with Gasteiger partial charge >= 0.3 is 0 Å². The molecule has 0 aromatic heterocycles. The number of likely N-dealkylation sites (N-methyl/N-ethyl adjacent to an activating group) is 1. The standard InChI is InChI=1S/C17H30N2O2S/c1-19(21-2)17(20)15(7-8-22-3)18-16-10-11-9-14(16)13-6-4-5-12(11)13/h11-16,18H,4-10H2,1-3H3/t11?,12?,13?,14?,15-,16?/m0/s1. The van der Waals surface area contributed by atoms with E-state index in [1.54, 1.807) is 25.9 Å². The molecule has 22 heavy (non-hydrogen) atoms. The number of rotatable bonds is 7. The lowest BCUT2D eigenvalue weighted by atomic mass is 9.79. The highest BCUT2D eigenvalue weighted by molar-refractivity contribution is 7.98. The van der Waals surface area contributed by atoms with Crippen LogP contribution >= 0.6 is 11.8 Å². The molecule has 126 valence electrons. The van der Waals surface area contributed by atoms with E-state index in [0.717, 1.165) is 35.8 Å². The average Bonchev–Trinajstić information content (AvgIpc) is 3.21. The summed E-state index contributed by atoms with van der Waals surface area (Å²) >= 11 is 1.80. The second kappa shape index (κ2) is 7.10. The van der Waals surface area contributed by atoms with Crippen molar-refractivity contribution in [3.05, 3.63) is 0 Å². The number of thioether (sulfide) groups is 1. The van der Waals surface area contributed by atoms with Crippen LogP contribution in [0.5, 0.6) is 0 Å². The van der Waals surface area contributed by atoms with Crippen LogP contribution in [0, 0.1) is 23.7 Å². The number of carbonyl (C=O) groups is 1. The molecule has 3 rings (SSSR count). The number of hydrogen-bond donors (Lipinski definition) is 1. The summed E-state index contributed by atoms with van der Waals surface area (Å²) < 4.78 is 0. The Labute approximate surface area is 138 Å². The number of amides is 1. The first-order valence-electron chi connectivity index (χ1n) is 8.72. The lowest BCUT2D eigenvalue weighted by molar-refractivity contribution is -0.171. The van der Waals surface area contributed by atoms with Crippen LogP contribution < -0.4 is 5.32 Å². The molecule has 1 amide bonds. The van der Waals surface area contributed by atoms with Gasteiger partial charge in [0.25, 0.3) is 5.91 Å². The molecule has 0 aromatic carbocycles. The molecule has 3 aliphatic carbocycles. The molecule has 0 spiro atoms. The molecule has 0 saturated heterocycles. The fourth-order valence-electron chi connectivity index (χ4n) is 5.34. The summed E-state index contributed by atoms with van der Waals surface area (Å²) in [6.45, 7) is 0. The number of hydrogen-bond acceptors (Lipinski definition) is 4. The first kappa shape index (κ1) is 16.6. The molecule has 0 heterocycles. The Morgan fingerprint density at radius 2 is 2.09 bits per heavy atom. The van der Waals surface area contributed by atoms with Crippen LogP contribution in [0.1, 0.15) is 38.5 Å². The Hall–Kier alpha value is -0.260. The van der Waals surface area contributed by atoms with Crippen molar-refractivity contribution in [2.24, 2.45) is 23.7 Å². The van der Waals surface area contributed by atoms with Crippen molar-refractivity contribution in [3.8, 4) is 0 Å². The third kappa shape index (κ3) is 3.04. The molecule has 0 aromatic rings. The molecule has 2 bridgehead atoms. The van der Waals surface area contributed by atoms with Crippen molar-refractivity contribution in [3.63, 3.8) is 0 Å². The van der Waals surface area contributed by atoms with Crippen LogP contribution in [-0.4, -0.2) is 49.2 Å². The van der Waals surface area contributed by atoms with Crippen LogP contribution in [0.4, 0.5) is 0 Å². The quantitative estimate of drug-likeness (QED) is 0.730. The third-order valence-corrected chi connectivity index (χ3v) is 6.98. The van der Waals surface area contributed by atoms with E-state index in [1.807, 2.05) is 0 Å². The summed E-state index contributed by atoms with van der Waals surface area (Å²) in [6.07, 6.45) is 9.97. The highest BCUT2D eigenvalue weighted by Crippen LogP contribution is 2.58. The van der Waals surface area contributed by atoms with Gasteiger partial charge in [-0.1, -0.05) is 6.42 Å². The van der Waals surface area contributed by atoms with Crippen LogP contribution in [0.3, 0.4) is 0 Å². The van der Waals surface area contributed by atoms with Gasteiger partial charge in [-0.3, -0.25) is 9.63 Å². The Bertz CT molecular complexity index is 406. The fraction of sp³-hybridized carbons (Fsp3) is 0.941. The second-order valence-corrected chi connectivity index (χ2v) is 8.27. The van der Waals surface area contributed by atoms with Crippen molar-refractivity contribution in [2.45, 2.75) is 50.6 Å². The number of nitrogens with zero attached hydrogens (tertiary/aromatic N) is 1. The molecular formula is C17H30N2O2S. The molecule has 3 saturated carbocycles. The van der Waals surface area contributed by atoms with Gasteiger partial charge in [-0.05, 0) is 67.8 Å². The van der Waals surface area contributed by atoms with Crippen molar-refractivity contribution in [1.29, 1.82) is 0 Å². The van der Waals surface area contributed by atoms with Crippen molar-refractivity contribution in [1.82, 2.24) is 10.4 Å². The maximum Gasteiger partial charge on any atom is 0.262 e. The van der Waals surface area contributed by atoms with Gasteiger partial charge in [0.2, 0.25) is 0 Å². The largest absolute Gasteiger partial charge is 0.303 e. The Kier molecular flexibility index (Phi) is 5.35. The van der Waals surface area contributed by atoms with Gasteiger partial charge in [0.05, 0.1) is 13.2 Å². The van der Waals surface area contributed by atoms with E-state index in [1.165, 1.54) is 37.2 Å². The van der Waals surface area contributed by atoms with Gasteiger partial charge in [-0.2, -0.15) is 11.8 Å². The minimum absolute atomic E-state index is 0.0716. The van der Waals surface area contributed by atoms with Crippen molar-refractivity contribution < 1.29 is 9.63 Å². The molecule has 3 fully saturated rings. The maximum atomic E-state index is 12.5. The van der Waals surface area contributed by atoms with E-state index >= 15 is 0 Å². The zero-order valence-electron chi connectivity index (χ0n) is 14.1. The topological polar surface area (TPSA) is 41.6 Å². The van der Waals surface area contributed by atoms with Gasteiger partial charge in [0, 0.05) is 13.1 Å². The van der Waals surface area contributed by atoms with Crippen LogP contribution in [0.2, 0.25) is 0 Å². The zero-order chi connectivity index (χ0) is 15.7. The summed E-state index contributed by atoms with van der Waals surface area (Å²) in [7, 11) is 3.27. The predicted molar refractivity (Wildman–Crippen MR) is 90.5 cm³/mol. The van der Waals surface area contributed by atoms with E-state index in [0.29, 0.717) is 6.04 Å². The lowest BCUT2D eigenvalue weighted by Gasteiger charge is -2.35. The second-order valence-electron chi connectivity index (χ2n) is 7.28. The smallest absolute Gasteiger partial charge is 0.262 e. The number of fused-ring (bicyclic) bond motifs is 5. The Morgan fingerprint density at radius 1 is 1.32 bits per heavy atom. The number of nitrogens with one attached hydrogen (secondary N) is 1. The predicted octanol–water partition coefficient (Wildman–Crippen LogP) is 2.54. The summed E-state index contributed by atoms with van der Waals surface area (Å²) in [6, 6.07) is 0.451. The lowest BCUT2D eigenvalue weighted by Crippen LogP contribution is -2.51. The molecule has 5 heteroatoms. The summed E-state index contributed by atoms with van der Waals surface area (Å²) in [5, 5.41) is 5.10. The zero-order valence-corrected chi connectivity index (χ0v) is 14.9. The average molecular weight is 327 g/mol. The Morgan fingerprint density at radius 3 is 2.82 bits per heavy atom. The number of hydroxylamine groups is 2. The summed E-state index contributed by atoms with van der Waals surface area (Å²) in [4.78, 5) is 17.6. The monoisotopic (exact) mass is 326 g/mol. The molecule has 0 aliphatic heterocycles. The first-order valence-corrected chi connectivity index (χ1v) is 10.1. The Balaban J connectivity index is 1.62. The third-order valence-electron chi connectivity index (χ3n) is 6.34. The normalized spacial score (nSPS) is 37.3. The summed E-state index contributed by atoms with van der Waals surface area (Å²) in [5.41, 5.74) is 0. The van der Waals surface area contributed by atoms with Gasteiger partial charge < -0.3 is 5.32 Å². The van der Waals surface area contributed by atoms with Crippen molar-refractivity contribution in [2.75, 3.05) is 26.2 Å². The van der Waals surface area contributed by atoms with Gasteiger partial charge in [-0.25, -0.2) is 5.06 Å². The molecule has 1 N–H and O–H groups in total.